The SMILES string of the molecule is CC/C(=C\C=C\[C@@H](C(=O)O)[C@H](C)C(=O)O)C(=O)O. The average Bonchev–Trinajstić information content (AvgIpc) is 2.27. The van der Waals surface area contributed by atoms with E-state index in [1.54, 1.807) is 6.92 Å². The lowest BCUT2D eigenvalue weighted by Gasteiger charge is -2.11. The quantitative estimate of drug-likeness (QED) is 0.468. The molecule has 3 N–H and O–H groups in total. The van der Waals surface area contributed by atoms with Crippen molar-refractivity contribution in [1.29, 1.82) is 0 Å². The summed E-state index contributed by atoms with van der Waals surface area (Å²) in [7, 11) is 0. The number of carbonyl (C=O) groups is 3. The van der Waals surface area contributed by atoms with Crippen molar-refractivity contribution in [1.82, 2.24) is 0 Å². The van der Waals surface area contributed by atoms with E-state index in [4.69, 9.17) is 15.3 Å². The molecule has 0 heterocycles. The molecular formula is C12H16O6. The number of carboxylic acid groups (broad SMARTS) is 3. The first-order valence-corrected chi connectivity index (χ1v) is 5.37. The van der Waals surface area contributed by atoms with E-state index in [-0.39, 0.29) is 5.57 Å². The van der Waals surface area contributed by atoms with Crippen LogP contribution in [0.1, 0.15) is 20.3 Å². The largest absolute Gasteiger partial charge is 0.481 e. The van der Waals surface area contributed by atoms with Crippen LogP contribution in [0.3, 0.4) is 0 Å². The molecule has 0 bridgehead atoms. The first kappa shape index (κ1) is 15.9. The fourth-order valence-electron chi connectivity index (χ4n) is 1.25. The van der Waals surface area contributed by atoms with E-state index in [2.05, 4.69) is 0 Å². The second-order valence-corrected chi connectivity index (χ2v) is 3.73. The number of aliphatic carboxylic acids is 3. The minimum Gasteiger partial charge on any atom is -0.481 e. The van der Waals surface area contributed by atoms with Gasteiger partial charge in [-0.25, -0.2) is 4.79 Å². The van der Waals surface area contributed by atoms with Gasteiger partial charge >= 0.3 is 17.9 Å². The highest BCUT2D eigenvalue weighted by molar-refractivity contribution is 5.87. The second kappa shape index (κ2) is 7.26. The Bertz CT molecular complexity index is 393. The summed E-state index contributed by atoms with van der Waals surface area (Å²) in [4.78, 5) is 32.2. The molecule has 18 heavy (non-hydrogen) atoms. The summed E-state index contributed by atoms with van der Waals surface area (Å²) in [6.07, 6.45) is 4.02. The number of carboxylic acids is 3. The number of hydrogen-bond donors (Lipinski definition) is 3. The minimum absolute atomic E-state index is 0.123. The summed E-state index contributed by atoms with van der Waals surface area (Å²) in [6, 6.07) is 0. The van der Waals surface area contributed by atoms with Crippen molar-refractivity contribution in [2.24, 2.45) is 11.8 Å². The first-order valence-electron chi connectivity index (χ1n) is 5.37. The van der Waals surface area contributed by atoms with E-state index in [0.717, 1.165) is 0 Å². The maximum absolute atomic E-state index is 10.9. The predicted octanol–water partition coefficient (Wildman–Crippen LogP) is 1.39. The van der Waals surface area contributed by atoms with Crippen LogP contribution in [0, 0.1) is 11.8 Å². The van der Waals surface area contributed by atoms with Gasteiger partial charge in [-0.15, -0.1) is 0 Å². The van der Waals surface area contributed by atoms with E-state index in [1.165, 1.54) is 25.2 Å². The molecule has 0 aliphatic carbocycles. The van der Waals surface area contributed by atoms with Gasteiger partial charge in [0, 0.05) is 5.57 Å². The maximum atomic E-state index is 10.9. The van der Waals surface area contributed by atoms with Crippen molar-refractivity contribution in [2.45, 2.75) is 20.3 Å². The molecule has 2 atom stereocenters. The lowest BCUT2D eigenvalue weighted by Crippen LogP contribution is -2.25. The molecule has 0 aliphatic rings. The van der Waals surface area contributed by atoms with Gasteiger partial charge in [0.2, 0.25) is 0 Å². The molecule has 0 saturated heterocycles. The molecule has 6 nitrogen and oxygen atoms in total. The number of allylic oxidation sites excluding steroid dienone is 2. The summed E-state index contributed by atoms with van der Waals surface area (Å²) in [5, 5.41) is 26.3. The lowest BCUT2D eigenvalue weighted by molar-refractivity contribution is -0.151. The highest BCUT2D eigenvalue weighted by Crippen LogP contribution is 2.14. The Morgan fingerprint density at radius 3 is 2.00 bits per heavy atom. The molecule has 0 fully saturated rings. The highest BCUT2D eigenvalue weighted by atomic mass is 16.4. The smallest absolute Gasteiger partial charge is 0.331 e. The molecule has 0 rings (SSSR count). The van der Waals surface area contributed by atoms with E-state index in [9.17, 15) is 14.4 Å². The van der Waals surface area contributed by atoms with E-state index >= 15 is 0 Å². The third kappa shape index (κ3) is 4.82. The van der Waals surface area contributed by atoms with Gasteiger partial charge in [-0.2, -0.15) is 0 Å². The summed E-state index contributed by atoms with van der Waals surface area (Å²) >= 11 is 0. The van der Waals surface area contributed by atoms with Crippen molar-refractivity contribution in [3.63, 3.8) is 0 Å². The first-order chi connectivity index (χ1) is 8.31. The van der Waals surface area contributed by atoms with Crippen LogP contribution in [0.2, 0.25) is 0 Å². The van der Waals surface area contributed by atoms with Gasteiger partial charge in [0.05, 0.1) is 11.8 Å². The maximum Gasteiger partial charge on any atom is 0.331 e. The monoisotopic (exact) mass is 256 g/mol. The van der Waals surface area contributed by atoms with Crippen LogP contribution in [0.5, 0.6) is 0 Å². The van der Waals surface area contributed by atoms with Crippen molar-refractivity contribution in [2.75, 3.05) is 0 Å². The molecule has 100 valence electrons. The van der Waals surface area contributed by atoms with Gasteiger partial charge in [0.25, 0.3) is 0 Å². The fraction of sp³-hybridized carbons (Fsp3) is 0.417. The highest BCUT2D eigenvalue weighted by Gasteiger charge is 2.27. The average molecular weight is 256 g/mol. The van der Waals surface area contributed by atoms with Gasteiger partial charge in [-0.3, -0.25) is 9.59 Å². The number of rotatable bonds is 7. The summed E-state index contributed by atoms with van der Waals surface area (Å²) in [5.41, 5.74) is 0.123. The Morgan fingerprint density at radius 2 is 1.67 bits per heavy atom. The standard InChI is InChI=1S/C12H16O6/c1-3-8(11(15)16)5-4-6-9(12(17)18)7(2)10(13)14/h4-7,9H,3H2,1-2H3,(H,13,14)(H,15,16)(H,17,18)/b6-4+,8-5+/t7-,9+/m0/s1. The molecule has 0 aliphatic heterocycles. The van der Waals surface area contributed by atoms with Crippen molar-refractivity contribution in [3.05, 3.63) is 23.8 Å². The predicted molar refractivity (Wildman–Crippen MR) is 63.1 cm³/mol. The Balaban J connectivity index is 4.95. The normalized spacial score (nSPS) is 15.3. The molecule has 0 aromatic rings. The van der Waals surface area contributed by atoms with Crippen LogP contribution in [0.4, 0.5) is 0 Å². The van der Waals surface area contributed by atoms with Crippen LogP contribution in [0.15, 0.2) is 23.8 Å². The molecular weight excluding hydrogens is 240 g/mol. The van der Waals surface area contributed by atoms with Gasteiger partial charge in [-0.1, -0.05) is 32.1 Å². The van der Waals surface area contributed by atoms with E-state index < -0.39 is 29.7 Å². The number of hydrogen-bond acceptors (Lipinski definition) is 3. The topological polar surface area (TPSA) is 112 Å². The van der Waals surface area contributed by atoms with Crippen LogP contribution < -0.4 is 0 Å². The van der Waals surface area contributed by atoms with Crippen LogP contribution in [-0.4, -0.2) is 33.2 Å². The molecule has 0 radical (unpaired) electrons. The Hall–Kier alpha value is -2.11. The molecule has 0 unspecified atom stereocenters. The van der Waals surface area contributed by atoms with Gasteiger partial charge in [-0.05, 0) is 6.42 Å². The molecule has 0 amide bonds. The lowest BCUT2D eigenvalue weighted by atomic mass is 9.93. The second-order valence-electron chi connectivity index (χ2n) is 3.73. The van der Waals surface area contributed by atoms with Crippen LogP contribution in [-0.2, 0) is 14.4 Å². The van der Waals surface area contributed by atoms with Crippen LogP contribution >= 0.6 is 0 Å². The third-order valence-corrected chi connectivity index (χ3v) is 2.48. The Kier molecular flexibility index (Phi) is 6.41. The molecule has 0 spiro atoms. The van der Waals surface area contributed by atoms with Crippen molar-refractivity contribution < 1.29 is 29.7 Å². The molecule has 0 saturated carbocycles. The van der Waals surface area contributed by atoms with Crippen LogP contribution in [0.25, 0.3) is 0 Å². The van der Waals surface area contributed by atoms with Gasteiger partial charge in [0.1, 0.15) is 0 Å². The van der Waals surface area contributed by atoms with E-state index in [1.807, 2.05) is 0 Å². The molecule has 0 aromatic carbocycles. The molecule has 6 heteroatoms. The summed E-state index contributed by atoms with van der Waals surface area (Å²) < 4.78 is 0. The molecule has 0 aromatic heterocycles. The zero-order valence-electron chi connectivity index (χ0n) is 10.2. The zero-order valence-corrected chi connectivity index (χ0v) is 10.2. The fourth-order valence-corrected chi connectivity index (χ4v) is 1.25. The summed E-state index contributed by atoms with van der Waals surface area (Å²) in [6.45, 7) is 2.94. The van der Waals surface area contributed by atoms with Gasteiger partial charge in [0.15, 0.2) is 0 Å². The minimum atomic E-state index is -1.26. The van der Waals surface area contributed by atoms with Gasteiger partial charge < -0.3 is 15.3 Å². The van der Waals surface area contributed by atoms with Crippen molar-refractivity contribution in [3.8, 4) is 0 Å². The summed E-state index contributed by atoms with van der Waals surface area (Å²) in [5.74, 6) is -5.83. The third-order valence-electron chi connectivity index (χ3n) is 2.48. The van der Waals surface area contributed by atoms with Crippen molar-refractivity contribution >= 4 is 17.9 Å². The Morgan fingerprint density at radius 1 is 1.11 bits per heavy atom. The van der Waals surface area contributed by atoms with E-state index in [0.29, 0.717) is 6.42 Å². The Labute approximate surface area is 104 Å². The zero-order chi connectivity index (χ0) is 14.3.